The Hall–Kier alpha value is -2.73. The Balaban J connectivity index is 1.39. The molecule has 1 N–H and O–H groups in total. The van der Waals surface area contributed by atoms with Crippen LogP contribution in [-0.4, -0.2) is 33.6 Å². The van der Waals surface area contributed by atoms with Crippen molar-refractivity contribution in [1.82, 2.24) is 14.9 Å². The number of thioether (sulfide) groups is 1. The van der Waals surface area contributed by atoms with Gasteiger partial charge in [0.2, 0.25) is 5.91 Å². The van der Waals surface area contributed by atoms with Crippen LogP contribution in [0.3, 0.4) is 0 Å². The largest absolute Gasteiger partial charge is 0.459 e. The van der Waals surface area contributed by atoms with E-state index >= 15 is 0 Å². The zero-order valence-electron chi connectivity index (χ0n) is 16.2. The minimum Gasteiger partial charge on any atom is -0.459 e. The van der Waals surface area contributed by atoms with Crippen molar-refractivity contribution in [1.29, 1.82) is 0 Å². The molecule has 0 saturated carbocycles. The molecule has 2 aromatic heterocycles. The number of nitrogens with zero attached hydrogens (tertiary/aromatic N) is 2. The third kappa shape index (κ3) is 3.64. The van der Waals surface area contributed by atoms with E-state index in [4.69, 9.17) is 4.42 Å². The second kappa shape index (κ2) is 7.72. The Bertz CT molecular complexity index is 1050. The van der Waals surface area contributed by atoms with Crippen molar-refractivity contribution in [2.45, 2.75) is 25.1 Å². The number of imidazole rings is 1. The number of hydrogen-bond donors (Lipinski definition) is 1. The molecule has 0 saturated heterocycles. The summed E-state index contributed by atoms with van der Waals surface area (Å²) in [5.74, 6) is 2.15. The van der Waals surface area contributed by atoms with Gasteiger partial charge < -0.3 is 14.3 Å². The Morgan fingerprint density at radius 2 is 1.93 bits per heavy atom. The molecule has 0 aliphatic heterocycles. The molecule has 4 aromatic rings. The van der Waals surface area contributed by atoms with Gasteiger partial charge in [-0.2, -0.15) is 0 Å². The van der Waals surface area contributed by atoms with E-state index in [1.165, 1.54) is 0 Å². The Morgan fingerprint density at radius 3 is 2.71 bits per heavy atom. The molecule has 0 spiro atoms. The van der Waals surface area contributed by atoms with E-state index in [9.17, 15) is 4.79 Å². The molecule has 4 rings (SSSR count). The van der Waals surface area contributed by atoms with Crippen molar-refractivity contribution in [2.75, 3.05) is 12.8 Å². The van der Waals surface area contributed by atoms with Gasteiger partial charge in [0.05, 0.1) is 28.1 Å². The lowest BCUT2D eigenvalue weighted by molar-refractivity contribution is -0.129. The number of H-pyrrole nitrogens is 1. The predicted molar refractivity (Wildman–Crippen MR) is 114 cm³/mol. The molecule has 0 aliphatic carbocycles. The molecule has 0 fully saturated rings. The number of nitrogens with one attached hydrogen (secondary N) is 1. The van der Waals surface area contributed by atoms with Crippen LogP contribution in [0.15, 0.2) is 59.0 Å². The fourth-order valence-electron chi connectivity index (χ4n) is 3.16. The van der Waals surface area contributed by atoms with E-state index < -0.39 is 0 Å². The first-order chi connectivity index (χ1) is 13.5. The standard InChI is InChI=1S/C22H23N3O2S/c1-14(20-12-16-8-4-7-11-19(16)27-20)25(3)21(26)13-28-15(2)22-23-17-9-5-6-10-18(17)24-22/h4-12,14-15H,13H2,1-3H3,(H,23,24). The van der Waals surface area contributed by atoms with Crippen LogP contribution in [0.4, 0.5) is 0 Å². The van der Waals surface area contributed by atoms with Gasteiger partial charge in [-0.25, -0.2) is 4.98 Å². The first-order valence-corrected chi connectivity index (χ1v) is 10.4. The number of para-hydroxylation sites is 3. The van der Waals surface area contributed by atoms with Crippen molar-refractivity contribution in [3.05, 3.63) is 66.2 Å². The van der Waals surface area contributed by atoms with Crippen LogP contribution >= 0.6 is 11.8 Å². The van der Waals surface area contributed by atoms with Gasteiger partial charge in [-0.1, -0.05) is 30.3 Å². The molecule has 2 heterocycles. The molecule has 2 atom stereocenters. The Labute approximate surface area is 168 Å². The maximum absolute atomic E-state index is 12.7. The first-order valence-electron chi connectivity index (χ1n) is 9.33. The molecular weight excluding hydrogens is 370 g/mol. The second-order valence-corrected chi connectivity index (χ2v) is 8.29. The Kier molecular flexibility index (Phi) is 5.13. The summed E-state index contributed by atoms with van der Waals surface area (Å²) in [6, 6.07) is 17.7. The van der Waals surface area contributed by atoms with Gasteiger partial charge >= 0.3 is 0 Å². The molecule has 6 heteroatoms. The summed E-state index contributed by atoms with van der Waals surface area (Å²) in [7, 11) is 1.83. The number of rotatable bonds is 6. The third-order valence-electron chi connectivity index (χ3n) is 5.08. The van der Waals surface area contributed by atoms with Crippen LogP contribution in [0.1, 0.15) is 36.7 Å². The first kappa shape index (κ1) is 18.6. The average molecular weight is 394 g/mol. The van der Waals surface area contributed by atoms with Gasteiger partial charge in [-0.05, 0) is 38.1 Å². The highest BCUT2D eigenvalue weighted by molar-refractivity contribution is 8.00. The minimum absolute atomic E-state index is 0.0703. The molecule has 0 radical (unpaired) electrons. The van der Waals surface area contributed by atoms with E-state index in [2.05, 4.69) is 16.9 Å². The molecule has 2 unspecified atom stereocenters. The summed E-state index contributed by atoms with van der Waals surface area (Å²) in [5.41, 5.74) is 2.82. The number of furan rings is 1. The summed E-state index contributed by atoms with van der Waals surface area (Å²) in [5, 5.41) is 1.16. The number of carbonyl (C=O) groups is 1. The van der Waals surface area contributed by atoms with Crippen LogP contribution in [0, 0.1) is 0 Å². The highest BCUT2D eigenvalue weighted by atomic mass is 32.2. The molecular formula is C22H23N3O2S. The van der Waals surface area contributed by atoms with Crippen LogP contribution in [0.25, 0.3) is 22.0 Å². The second-order valence-electron chi connectivity index (χ2n) is 6.96. The summed E-state index contributed by atoms with van der Waals surface area (Å²) in [4.78, 5) is 22.4. The molecule has 144 valence electrons. The van der Waals surface area contributed by atoms with Gasteiger partial charge in [0.25, 0.3) is 0 Å². The molecule has 0 bridgehead atoms. The lowest BCUT2D eigenvalue weighted by Crippen LogP contribution is -2.31. The van der Waals surface area contributed by atoms with Gasteiger partial charge in [-0.15, -0.1) is 11.8 Å². The fourth-order valence-corrected chi connectivity index (χ4v) is 4.02. The number of carbonyl (C=O) groups excluding carboxylic acids is 1. The SMILES string of the molecule is CC(SCC(=O)N(C)C(C)c1cc2ccccc2o1)c1nc2ccccc2[nH]1. The molecule has 28 heavy (non-hydrogen) atoms. The van der Waals surface area contributed by atoms with E-state index in [0.29, 0.717) is 5.75 Å². The van der Waals surface area contributed by atoms with Gasteiger partial charge in [0.1, 0.15) is 17.2 Å². The van der Waals surface area contributed by atoms with E-state index in [1.54, 1.807) is 16.7 Å². The van der Waals surface area contributed by atoms with Crippen molar-refractivity contribution in [2.24, 2.45) is 0 Å². The van der Waals surface area contributed by atoms with Crippen molar-refractivity contribution in [3.8, 4) is 0 Å². The maximum atomic E-state index is 12.7. The minimum atomic E-state index is -0.123. The maximum Gasteiger partial charge on any atom is 0.232 e. The number of aromatic amines is 1. The van der Waals surface area contributed by atoms with Crippen LogP contribution in [0.2, 0.25) is 0 Å². The van der Waals surface area contributed by atoms with Crippen LogP contribution < -0.4 is 0 Å². The topological polar surface area (TPSA) is 62.1 Å². The van der Waals surface area contributed by atoms with Gasteiger partial charge in [0, 0.05) is 12.4 Å². The smallest absolute Gasteiger partial charge is 0.232 e. The lowest BCUT2D eigenvalue weighted by atomic mass is 10.2. The molecule has 2 aromatic carbocycles. The summed E-state index contributed by atoms with van der Waals surface area (Å²) in [6.45, 7) is 4.06. The van der Waals surface area contributed by atoms with Crippen LogP contribution in [0.5, 0.6) is 0 Å². The van der Waals surface area contributed by atoms with E-state index in [0.717, 1.165) is 33.6 Å². The molecule has 1 amide bonds. The monoisotopic (exact) mass is 393 g/mol. The van der Waals surface area contributed by atoms with E-state index in [1.807, 2.05) is 68.6 Å². The third-order valence-corrected chi connectivity index (χ3v) is 6.22. The zero-order chi connectivity index (χ0) is 19.7. The normalized spacial score (nSPS) is 13.7. The predicted octanol–water partition coefficient (Wildman–Crippen LogP) is 5.32. The van der Waals surface area contributed by atoms with Crippen molar-refractivity contribution < 1.29 is 9.21 Å². The highest BCUT2D eigenvalue weighted by Crippen LogP contribution is 2.30. The summed E-state index contributed by atoms with van der Waals surface area (Å²) >= 11 is 1.58. The fraction of sp³-hybridized carbons (Fsp3) is 0.273. The quantitative estimate of drug-likeness (QED) is 0.481. The Morgan fingerprint density at radius 1 is 1.18 bits per heavy atom. The van der Waals surface area contributed by atoms with Crippen LogP contribution in [-0.2, 0) is 4.79 Å². The molecule has 0 aliphatic rings. The molecule has 5 nitrogen and oxygen atoms in total. The van der Waals surface area contributed by atoms with Gasteiger partial charge in [-0.3, -0.25) is 4.79 Å². The summed E-state index contributed by atoms with van der Waals surface area (Å²) < 4.78 is 5.91. The van der Waals surface area contributed by atoms with Gasteiger partial charge in [0.15, 0.2) is 0 Å². The number of fused-ring (bicyclic) bond motifs is 2. The summed E-state index contributed by atoms with van der Waals surface area (Å²) in [6.07, 6.45) is 0. The number of amides is 1. The number of aromatic nitrogens is 2. The zero-order valence-corrected chi connectivity index (χ0v) is 17.0. The average Bonchev–Trinajstić information content (AvgIpc) is 3.34. The van der Waals surface area contributed by atoms with Crippen molar-refractivity contribution >= 4 is 39.7 Å². The lowest BCUT2D eigenvalue weighted by Gasteiger charge is -2.23. The number of hydrogen-bond acceptors (Lipinski definition) is 4. The van der Waals surface area contributed by atoms with E-state index in [-0.39, 0.29) is 17.2 Å². The highest BCUT2D eigenvalue weighted by Gasteiger charge is 2.22. The number of benzene rings is 2. The van der Waals surface area contributed by atoms with Crippen molar-refractivity contribution in [3.63, 3.8) is 0 Å².